The van der Waals surface area contributed by atoms with E-state index in [0.29, 0.717) is 6.61 Å². The summed E-state index contributed by atoms with van der Waals surface area (Å²) >= 11 is 0. The summed E-state index contributed by atoms with van der Waals surface area (Å²) in [5.74, 6) is 0. The van der Waals surface area contributed by atoms with Gasteiger partial charge in [-0.3, -0.25) is 4.98 Å². The highest BCUT2D eigenvalue weighted by Crippen LogP contribution is 2.12. The summed E-state index contributed by atoms with van der Waals surface area (Å²) in [5.41, 5.74) is 2.32. The number of pyridine rings is 1. The molecule has 0 aliphatic rings. The molecule has 1 unspecified atom stereocenters. The predicted octanol–water partition coefficient (Wildman–Crippen LogP) is 2.86. The second kappa shape index (κ2) is 8.20. The van der Waals surface area contributed by atoms with E-state index in [2.05, 4.69) is 37.1 Å². The van der Waals surface area contributed by atoms with Crippen LogP contribution in [0.2, 0.25) is 0 Å². The smallest absolute Gasteiger partial charge is 0.0732 e. The first kappa shape index (κ1) is 14.1. The monoisotopic (exact) mass is 236 g/mol. The van der Waals surface area contributed by atoms with E-state index in [0.717, 1.165) is 31.7 Å². The lowest BCUT2D eigenvalue weighted by atomic mass is 10.1. The molecule has 0 amide bonds. The maximum Gasteiger partial charge on any atom is 0.0732 e. The SMILES string of the molecule is CCCNC(COCCC)c1cc(C)ccn1. The molecule has 1 aromatic rings. The van der Waals surface area contributed by atoms with Crippen LogP contribution in [0, 0.1) is 6.92 Å². The van der Waals surface area contributed by atoms with Gasteiger partial charge < -0.3 is 10.1 Å². The quantitative estimate of drug-likeness (QED) is 0.705. The summed E-state index contributed by atoms with van der Waals surface area (Å²) in [6, 6.07) is 4.36. The van der Waals surface area contributed by atoms with Crippen molar-refractivity contribution in [3.05, 3.63) is 29.6 Å². The minimum Gasteiger partial charge on any atom is -0.379 e. The second-order valence-corrected chi connectivity index (χ2v) is 4.34. The van der Waals surface area contributed by atoms with Gasteiger partial charge in [0.15, 0.2) is 0 Å². The maximum atomic E-state index is 5.63. The zero-order chi connectivity index (χ0) is 12.5. The Morgan fingerprint density at radius 1 is 1.35 bits per heavy atom. The van der Waals surface area contributed by atoms with Crippen LogP contribution in [0.4, 0.5) is 0 Å². The van der Waals surface area contributed by atoms with Gasteiger partial charge in [0.1, 0.15) is 0 Å². The van der Waals surface area contributed by atoms with Gasteiger partial charge in [0, 0.05) is 12.8 Å². The third-order valence-electron chi connectivity index (χ3n) is 2.57. The third-order valence-corrected chi connectivity index (χ3v) is 2.57. The Labute approximate surface area is 105 Å². The van der Waals surface area contributed by atoms with Crippen molar-refractivity contribution in [1.29, 1.82) is 0 Å². The molecule has 1 N–H and O–H groups in total. The molecule has 1 heterocycles. The molecule has 0 saturated carbocycles. The molecule has 3 heteroatoms. The Kier molecular flexibility index (Phi) is 6.82. The van der Waals surface area contributed by atoms with Crippen molar-refractivity contribution in [2.24, 2.45) is 0 Å². The van der Waals surface area contributed by atoms with Crippen LogP contribution in [-0.4, -0.2) is 24.7 Å². The highest BCUT2D eigenvalue weighted by Gasteiger charge is 2.12. The molecular weight excluding hydrogens is 212 g/mol. The van der Waals surface area contributed by atoms with Crippen LogP contribution in [-0.2, 0) is 4.74 Å². The average Bonchev–Trinajstić information content (AvgIpc) is 2.33. The van der Waals surface area contributed by atoms with Gasteiger partial charge in [-0.15, -0.1) is 0 Å². The van der Waals surface area contributed by atoms with Gasteiger partial charge in [0.2, 0.25) is 0 Å². The topological polar surface area (TPSA) is 34.1 Å². The Hall–Kier alpha value is -0.930. The van der Waals surface area contributed by atoms with Crippen molar-refractivity contribution >= 4 is 0 Å². The third kappa shape index (κ3) is 5.29. The van der Waals surface area contributed by atoms with Crippen LogP contribution in [0.1, 0.15) is 44.0 Å². The lowest BCUT2D eigenvalue weighted by Gasteiger charge is -2.18. The van der Waals surface area contributed by atoms with E-state index in [1.165, 1.54) is 5.56 Å². The lowest BCUT2D eigenvalue weighted by Crippen LogP contribution is -2.27. The van der Waals surface area contributed by atoms with Crippen molar-refractivity contribution in [3.8, 4) is 0 Å². The molecule has 0 bridgehead atoms. The predicted molar refractivity (Wildman–Crippen MR) is 71.1 cm³/mol. The van der Waals surface area contributed by atoms with E-state index >= 15 is 0 Å². The highest BCUT2D eigenvalue weighted by molar-refractivity contribution is 5.17. The largest absolute Gasteiger partial charge is 0.379 e. The summed E-state index contributed by atoms with van der Waals surface area (Å²) in [6.07, 6.45) is 4.04. The minimum absolute atomic E-state index is 0.210. The Morgan fingerprint density at radius 2 is 2.18 bits per heavy atom. The average molecular weight is 236 g/mol. The first-order chi connectivity index (χ1) is 8.27. The molecule has 1 rings (SSSR count). The van der Waals surface area contributed by atoms with Gasteiger partial charge in [-0.2, -0.15) is 0 Å². The Balaban J connectivity index is 2.60. The number of aryl methyl sites for hydroxylation is 1. The summed E-state index contributed by atoms with van der Waals surface area (Å²) in [7, 11) is 0. The summed E-state index contributed by atoms with van der Waals surface area (Å²) in [6.45, 7) is 8.89. The Bertz CT molecular complexity index is 315. The standard InChI is InChI=1S/C14H24N2O/c1-4-7-15-14(11-17-9-5-2)13-10-12(3)6-8-16-13/h6,8,10,14-15H,4-5,7,9,11H2,1-3H3. The molecule has 0 radical (unpaired) electrons. The van der Waals surface area contributed by atoms with Gasteiger partial charge >= 0.3 is 0 Å². The van der Waals surface area contributed by atoms with Crippen molar-refractivity contribution in [1.82, 2.24) is 10.3 Å². The number of nitrogens with one attached hydrogen (secondary N) is 1. The minimum atomic E-state index is 0.210. The fourth-order valence-corrected chi connectivity index (χ4v) is 1.66. The van der Waals surface area contributed by atoms with Crippen LogP contribution in [0.25, 0.3) is 0 Å². The normalized spacial score (nSPS) is 12.6. The maximum absolute atomic E-state index is 5.63. The highest BCUT2D eigenvalue weighted by atomic mass is 16.5. The van der Waals surface area contributed by atoms with E-state index < -0.39 is 0 Å². The van der Waals surface area contributed by atoms with Gasteiger partial charge in [0.25, 0.3) is 0 Å². The zero-order valence-corrected chi connectivity index (χ0v) is 11.2. The van der Waals surface area contributed by atoms with E-state index in [1.54, 1.807) is 0 Å². The van der Waals surface area contributed by atoms with Crippen LogP contribution in [0.15, 0.2) is 18.3 Å². The fraction of sp³-hybridized carbons (Fsp3) is 0.643. The van der Waals surface area contributed by atoms with Crippen molar-refractivity contribution in [3.63, 3.8) is 0 Å². The molecule has 1 aromatic heterocycles. The van der Waals surface area contributed by atoms with E-state index in [1.807, 2.05) is 12.3 Å². The molecule has 17 heavy (non-hydrogen) atoms. The number of aromatic nitrogens is 1. The first-order valence-corrected chi connectivity index (χ1v) is 6.51. The van der Waals surface area contributed by atoms with E-state index in [-0.39, 0.29) is 6.04 Å². The lowest BCUT2D eigenvalue weighted by molar-refractivity contribution is 0.111. The number of hydrogen-bond donors (Lipinski definition) is 1. The van der Waals surface area contributed by atoms with E-state index in [4.69, 9.17) is 4.74 Å². The summed E-state index contributed by atoms with van der Waals surface area (Å²) in [4.78, 5) is 4.43. The molecule has 0 saturated heterocycles. The van der Waals surface area contributed by atoms with Gasteiger partial charge in [-0.05, 0) is 44.0 Å². The van der Waals surface area contributed by atoms with Crippen molar-refractivity contribution in [2.75, 3.05) is 19.8 Å². The van der Waals surface area contributed by atoms with Crippen molar-refractivity contribution in [2.45, 2.75) is 39.7 Å². The molecule has 0 fully saturated rings. The number of hydrogen-bond acceptors (Lipinski definition) is 3. The first-order valence-electron chi connectivity index (χ1n) is 6.51. The zero-order valence-electron chi connectivity index (χ0n) is 11.2. The molecule has 0 aliphatic heterocycles. The number of nitrogens with zero attached hydrogens (tertiary/aromatic N) is 1. The molecule has 0 aliphatic carbocycles. The van der Waals surface area contributed by atoms with Gasteiger partial charge in [0.05, 0.1) is 18.3 Å². The Morgan fingerprint density at radius 3 is 2.82 bits per heavy atom. The fourth-order valence-electron chi connectivity index (χ4n) is 1.66. The molecular formula is C14H24N2O. The number of ether oxygens (including phenoxy) is 1. The van der Waals surface area contributed by atoms with Crippen molar-refractivity contribution < 1.29 is 4.74 Å². The molecule has 0 spiro atoms. The summed E-state index contributed by atoms with van der Waals surface area (Å²) in [5, 5.41) is 3.48. The molecule has 3 nitrogen and oxygen atoms in total. The van der Waals surface area contributed by atoms with Crippen LogP contribution in [0.3, 0.4) is 0 Å². The summed E-state index contributed by atoms with van der Waals surface area (Å²) < 4.78 is 5.63. The van der Waals surface area contributed by atoms with Gasteiger partial charge in [-0.1, -0.05) is 13.8 Å². The molecule has 0 aromatic carbocycles. The molecule has 96 valence electrons. The van der Waals surface area contributed by atoms with Gasteiger partial charge in [-0.25, -0.2) is 0 Å². The second-order valence-electron chi connectivity index (χ2n) is 4.34. The van der Waals surface area contributed by atoms with Crippen LogP contribution >= 0.6 is 0 Å². The van der Waals surface area contributed by atoms with Crippen LogP contribution in [0.5, 0.6) is 0 Å². The van der Waals surface area contributed by atoms with E-state index in [9.17, 15) is 0 Å². The van der Waals surface area contributed by atoms with Crippen LogP contribution < -0.4 is 5.32 Å². The molecule has 1 atom stereocenters. The number of rotatable bonds is 8.